The summed E-state index contributed by atoms with van der Waals surface area (Å²) in [5.74, 6) is -1.63. The normalized spacial score (nSPS) is 18.3. The van der Waals surface area contributed by atoms with E-state index in [1.807, 2.05) is 0 Å². The number of rotatable bonds is 6. The van der Waals surface area contributed by atoms with E-state index >= 15 is 0 Å². The summed E-state index contributed by atoms with van der Waals surface area (Å²) in [6, 6.07) is 2.76. The second-order valence-electron chi connectivity index (χ2n) is 5.86. The molecule has 7 heteroatoms. The molecule has 0 saturated carbocycles. The first-order valence-corrected chi connectivity index (χ1v) is 7.63. The van der Waals surface area contributed by atoms with Crippen LogP contribution in [0.1, 0.15) is 19.8 Å². The lowest BCUT2D eigenvalue weighted by atomic mass is 9.79. The average Bonchev–Trinajstić information content (AvgIpc) is 2.54. The van der Waals surface area contributed by atoms with E-state index < -0.39 is 17.0 Å². The van der Waals surface area contributed by atoms with Crippen LogP contribution in [0.2, 0.25) is 0 Å². The minimum absolute atomic E-state index is 0.0490. The molecule has 23 heavy (non-hydrogen) atoms. The molecular formula is C16H22F2N2O3. The molecule has 1 aliphatic rings. The third-order valence-electron chi connectivity index (χ3n) is 4.08. The number of halogens is 2. The van der Waals surface area contributed by atoms with E-state index in [0.29, 0.717) is 26.1 Å². The Hall–Kier alpha value is -1.73. The van der Waals surface area contributed by atoms with Crippen LogP contribution >= 0.6 is 0 Å². The third kappa shape index (κ3) is 4.39. The van der Waals surface area contributed by atoms with Gasteiger partial charge in [0.05, 0.1) is 11.5 Å². The van der Waals surface area contributed by atoms with Crippen molar-refractivity contribution in [2.75, 3.05) is 26.4 Å². The molecule has 1 amide bonds. The summed E-state index contributed by atoms with van der Waals surface area (Å²) in [5, 5.41) is 2.85. The number of amides is 1. The van der Waals surface area contributed by atoms with Gasteiger partial charge in [-0.15, -0.1) is 0 Å². The molecule has 3 N–H and O–H groups in total. The molecule has 0 radical (unpaired) electrons. The van der Waals surface area contributed by atoms with E-state index in [0.717, 1.165) is 12.1 Å². The highest BCUT2D eigenvalue weighted by Crippen LogP contribution is 2.29. The molecule has 1 aliphatic heterocycles. The number of carbonyl (C=O) groups is 1. The molecule has 2 rings (SSSR count). The molecule has 1 fully saturated rings. The molecule has 1 aromatic rings. The first-order chi connectivity index (χ1) is 11.0. The van der Waals surface area contributed by atoms with Crippen LogP contribution < -0.4 is 15.8 Å². The van der Waals surface area contributed by atoms with E-state index in [-0.39, 0.29) is 30.9 Å². The predicted molar refractivity (Wildman–Crippen MR) is 81.0 cm³/mol. The van der Waals surface area contributed by atoms with Crippen molar-refractivity contribution in [2.24, 2.45) is 11.1 Å². The molecule has 5 nitrogen and oxygen atoms in total. The van der Waals surface area contributed by atoms with Crippen LogP contribution in [-0.4, -0.2) is 38.3 Å². The zero-order chi connectivity index (χ0) is 16.9. The smallest absolute Gasteiger partial charge is 0.227 e. The monoisotopic (exact) mass is 328 g/mol. The zero-order valence-corrected chi connectivity index (χ0v) is 13.1. The predicted octanol–water partition coefficient (Wildman–Crippen LogP) is 1.60. The van der Waals surface area contributed by atoms with Crippen LogP contribution in [0.4, 0.5) is 8.78 Å². The van der Waals surface area contributed by atoms with Crippen LogP contribution in [0.5, 0.6) is 5.75 Å². The summed E-state index contributed by atoms with van der Waals surface area (Å²) in [6.07, 6.45) is 1.16. The van der Waals surface area contributed by atoms with Crippen molar-refractivity contribution in [3.8, 4) is 5.75 Å². The topological polar surface area (TPSA) is 73.6 Å². The molecule has 0 spiro atoms. The van der Waals surface area contributed by atoms with Gasteiger partial charge in [-0.25, -0.2) is 8.78 Å². The first kappa shape index (κ1) is 17.6. The van der Waals surface area contributed by atoms with Gasteiger partial charge in [-0.2, -0.15) is 0 Å². The highest BCUT2D eigenvalue weighted by atomic mass is 19.1. The lowest BCUT2D eigenvalue weighted by Crippen LogP contribution is -2.52. The summed E-state index contributed by atoms with van der Waals surface area (Å²) < 4.78 is 36.9. The van der Waals surface area contributed by atoms with E-state index in [1.54, 1.807) is 6.92 Å². The van der Waals surface area contributed by atoms with E-state index in [9.17, 15) is 13.6 Å². The molecule has 1 aromatic carbocycles. The number of benzene rings is 1. The average molecular weight is 328 g/mol. The molecule has 0 aliphatic carbocycles. The molecule has 1 unspecified atom stereocenters. The molecule has 1 atom stereocenters. The number of carbonyl (C=O) groups excluding carboxylic acids is 1. The van der Waals surface area contributed by atoms with Gasteiger partial charge in [0.15, 0.2) is 11.6 Å². The van der Waals surface area contributed by atoms with Gasteiger partial charge in [0.2, 0.25) is 5.91 Å². The Morgan fingerprint density at radius 3 is 2.74 bits per heavy atom. The zero-order valence-electron chi connectivity index (χ0n) is 13.1. The van der Waals surface area contributed by atoms with Gasteiger partial charge in [-0.3, -0.25) is 4.79 Å². The molecular weight excluding hydrogens is 306 g/mol. The largest absolute Gasteiger partial charge is 0.488 e. The summed E-state index contributed by atoms with van der Waals surface area (Å²) in [6.45, 7) is 3.10. The van der Waals surface area contributed by atoms with Gasteiger partial charge in [-0.05, 0) is 31.9 Å². The lowest BCUT2D eigenvalue weighted by molar-refractivity contribution is -0.136. The van der Waals surface area contributed by atoms with Gasteiger partial charge in [0, 0.05) is 25.8 Å². The maximum Gasteiger partial charge on any atom is 0.227 e. The fourth-order valence-electron chi connectivity index (χ4n) is 2.51. The van der Waals surface area contributed by atoms with Crippen molar-refractivity contribution in [2.45, 2.75) is 25.8 Å². The van der Waals surface area contributed by atoms with E-state index in [4.69, 9.17) is 15.2 Å². The van der Waals surface area contributed by atoms with Crippen molar-refractivity contribution in [1.82, 2.24) is 5.32 Å². The molecule has 1 heterocycles. The van der Waals surface area contributed by atoms with Crippen LogP contribution in [0.15, 0.2) is 18.2 Å². The minimum atomic E-state index is -0.772. The summed E-state index contributed by atoms with van der Waals surface area (Å²) in [4.78, 5) is 12.5. The Bertz CT molecular complexity index is 548. The van der Waals surface area contributed by atoms with Crippen LogP contribution in [0.3, 0.4) is 0 Å². The summed E-state index contributed by atoms with van der Waals surface area (Å²) in [5.41, 5.74) is 5.16. The number of hydrogen-bond acceptors (Lipinski definition) is 4. The van der Waals surface area contributed by atoms with E-state index in [2.05, 4.69) is 5.32 Å². The van der Waals surface area contributed by atoms with Gasteiger partial charge in [0.25, 0.3) is 0 Å². The van der Waals surface area contributed by atoms with Gasteiger partial charge in [0.1, 0.15) is 12.4 Å². The van der Waals surface area contributed by atoms with Crippen molar-refractivity contribution in [3.05, 3.63) is 29.8 Å². The summed E-state index contributed by atoms with van der Waals surface area (Å²) in [7, 11) is 0. The number of nitrogens with one attached hydrogen (secondary N) is 1. The van der Waals surface area contributed by atoms with Crippen LogP contribution in [0, 0.1) is 17.0 Å². The number of hydrogen-bond donors (Lipinski definition) is 2. The first-order valence-electron chi connectivity index (χ1n) is 7.63. The van der Waals surface area contributed by atoms with Crippen molar-refractivity contribution < 1.29 is 23.0 Å². The number of ether oxygens (including phenoxy) is 2. The standard InChI is InChI=1S/C16H22F2N2O3/c1-11(9-23-14-3-2-12(17)8-13(14)18)20-15(21)16(10-19)4-6-22-7-5-16/h2-3,8,11H,4-7,9-10,19H2,1H3,(H,20,21). The molecule has 0 aromatic heterocycles. The van der Waals surface area contributed by atoms with Crippen molar-refractivity contribution in [1.29, 1.82) is 0 Å². The Balaban J connectivity index is 1.88. The second kappa shape index (κ2) is 7.70. The minimum Gasteiger partial charge on any atom is -0.488 e. The van der Waals surface area contributed by atoms with Crippen LogP contribution in [0.25, 0.3) is 0 Å². The second-order valence-corrected chi connectivity index (χ2v) is 5.86. The lowest BCUT2D eigenvalue weighted by Gasteiger charge is -2.35. The van der Waals surface area contributed by atoms with E-state index in [1.165, 1.54) is 6.07 Å². The quantitative estimate of drug-likeness (QED) is 0.832. The van der Waals surface area contributed by atoms with Crippen molar-refractivity contribution in [3.63, 3.8) is 0 Å². The van der Waals surface area contributed by atoms with Crippen LogP contribution in [-0.2, 0) is 9.53 Å². The molecule has 1 saturated heterocycles. The van der Waals surface area contributed by atoms with Crippen molar-refractivity contribution >= 4 is 5.91 Å². The maximum atomic E-state index is 13.5. The van der Waals surface area contributed by atoms with Gasteiger partial charge >= 0.3 is 0 Å². The SMILES string of the molecule is CC(COc1ccc(F)cc1F)NC(=O)C1(CN)CCOCC1. The Kier molecular flexibility index (Phi) is 5.90. The summed E-state index contributed by atoms with van der Waals surface area (Å²) >= 11 is 0. The fourth-order valence-corrected chi connectivity index (χ4v) is 2.51. The highest BCUT2D eigenvalue weighted by Gasteiger charge is 2.39. The highest BCUT2D eigenvalue weighted by molar-refractivity contribution is 5.83. The van der Waals surface area contributed by atoms with Gasteiger partial charge in [-0.1, -0.05) is 0 Å². The molecule has 128 valence electrons. The molecule has 0 bridgehead atoms. The fraction of sp³-hybridized carbons (Fsp3) is 0.562. The Labute approximate surface area is 134 Å². The Morgan fingerprint density at radius 2 is 2.13 bits per heavy atom. The third-order valence-corrected chi connectivity index (χ3v) is 4.08. The number of nitrogens with two attached hydrogens (primary N) is 1. The van der Waals surface area contributed by atoms with Gasteiger partial charge < -0.3 is 20.5 Å². The Morgan fingerprint density at radius 1 is 1.43 bits per heavy atom. The maximum absolute atomic E-state index is 13.5.